The van der Waals surface area contributed by atoms with Gasteiger partial charge in [-0.3, -0.25) is 5.84 Å². The molecule has 0 amide bonds. The molecule has 3 heteroatoms. The van der Waals surface area contributed by atoms with Crippen molar-refractivity contribution < 1.29 is 4.74 Å². The second kappa shape index (κ2) is 3.83. The molecule has 0 rings (SSSR count). The number of hydrazine groups is 1. The van der Waals surface area contributed by atoms with E-state index in [0.717, 1.165) is 0 Å². The molecular formula is C5H14N2O. The van der Waals surface area contributed by atoms with Crippen molar-refractivity contribution in [3.63, 3.8) is 0 Å². The summed E-state index contributed by atoms with van der Waals surface area (Å²) in [4.78, 5) is 0. The molecule has 0 aliphatic carbocycles. The van der Waals surface area contributed by atoms with Crippen LogP contribution in [0.5, 0.6) is 0 Å². The predicted octanol–water partition coefficient (Wildman–Crippen LogP) is -0.173. The van der Waals surface area contributed by atoms with Crippen LogP contribution in [0.2, 0.25) is 0 Å². The van der Waals surface area contributed by atoms with Crippen molar-refractivity contribution in [3.05, 3.63) is 0 Å². The Labute approximate surface area is 50.4 Å². The zero-order valence-corrected chi connectivity index (χ0v) is 5.72. The van der Waals surface area contributed by atoms with Crippen LogP contribution in [-0.2, 0) is 4.74 Å². The molecule has 2 N–H and O–H groups in total. The van der Waals surface area contributed by atoms with Crippen LogP contribution in [-0.4, -0.2) is 31.8 Å². The van der Waals surface area contributed by atoms with E-state index in [-0.39, 0.29) is 0 Å². The maximum absolute atomic E-state index is 5.38. The first-order chi connectivity index (χ1) is 3.68. The largest absolute Gasteiger partial charge is 0.383 e. The highest BCUT2D eigenvalue weighted by Crippen LogP contribution is 1.86. The standard InChI is InChI=1S/C5H14N2O/c1-5(4-8-3)7(2)6/h5H,4,6H2,1-3H3. The van der Waals surface area contributed by atoms with Crippen molar-refractivity contribution in [2.75, 3.05) is 20.8 Å². The molecule has 0 spiro atoms. The van der Waals surface area contributed by atoms with Gasteiger partial charge in [0.15, 0.2) is 0 Å². The number of hydrogen-bond acceptors (Lipinski definition) is 3. The molecule has 0 aromatic heterocycles. The fourth-order valence-electron chi connectivity index (χ4n) is 0.359. The normalized spacial score (nSPS) is 14.6. The number of ether oxygens (including phenoxy) is 1. The van der Waals surface area contributed by atoms with Crippen molar-refractivity contribution in [1.82, 2.24) is 5.01 Å². The summed E-state index contributed by atoms with van der Waals surface area (Å²) in [5, 5.41) is 1.63. The van der Waals surface area contributed by atoms with Crippen LogP contribution in [0, 0.1) is 0 Å². The summed E-state index contributed by atoms with van der Waals surface area (Å²) < 4.78 is 4.84. The van der Waals surface area contributed by atoms with Gasteiger partial charge >= 0.3 is 0 Å². The molecule has 0 radical (unpaired) electrons. The van der Waals surface area contributed by atoms with Crippen LogP contribution in [0.1, 0.15) is 6.92 Å². The lowest BCUT2D eigenvalue weighted by atomic mass is 10.4. The van der Waals surface area contributed by atoms with Gasteiger partial charge in [0.1, 0.15) is 0 Å². The zero-order chi connectivity index (χ0) is 6.57. The predicted molar refractivity (Wildman–Crippen MR) is 33.3 cm³/mol. The fourth-order valence-corrected chi connectivity index (χ4v) is 0.359. The van der Waals surface area contributed by atoms with Gasteiger partial charge < -0.3 is 4.74 Å². The molecular weight excluding hydrogens is 104 g/mol. The summed E-state index contributed by atoms with van der Waals surface area (Å²) in [5.41, 5.74) is 0. The maximum atomic E-state index is 5.38. The lowest BCUT2D eigenvalue weighted by Gasteiger charge is -2.17. The zero-order valence-electron chi connectivity index (χ0n) is 5.72. The Bertz CT molecular complexity index is 56.4. The molecule has 0 heterocycles. The summed E-state index contributed by atoms with van der Waals surface area (Å²) in [6.07, 6.45) is 0. The minimum atomic E-state index is 0.306. The summed E-state index contributed by atoms with van der Waals surface area (Å²) in [5.74, 6) is 5.38. The Morgan fingerprint density at radius 2 is 2.25 bits per heavy atom. The average molecular weight is 118 g/mol. The number of rotatable bonds is 3. The first kappa shape index (κ1) is 7.88. The van der Waals surface area contributed by atoms with E-state index < -0.39 is 0 Å². The molecule has 0 saturated heterocycles. The number of methoxy groups -OCH3 is 1. The summed E-state index contributed by atoms with van der Waals surface area (Å²) in [6.45, 7) is 2.69. The highest BCUT2D eigenvalue weighted by molar-refractivity contribution is 4.53. The first-order valence-electron chi connectivity index (χ1n) is 2.65. The molecule has 0 saturated carbocycles. The Balaban J connectivity index is 3.17. The molecule has 0 fully saturated rings. The molecule has 8 heavy (non-hydrogen) atoms. The van der Waals surface area contributed by atoms with Crippen molar-refractivity contribution in [2.45, 2.75) is 13.0 Å². The van der Waals surface area contributed by atoms with Crippen molar-refractivity contribution in [1.29, 1.82) is 0 Å². The third kappa shape index (κ3) is 2.96. The van der Waals surface area contributed by atoms with Gasteiger partial charge in [-0.25, -0.2) is 5.01 Å². The van der Waals surface area contributed by atoms with Gasteiger partial charge in [0.25, 0.3) is 0 Å². The Morgan fingerprint density at radius 1 is 1.75 bits per heavy atom. The topological polar surface area (TPSA) is 38.5 Å². The highest BCUT2D eigenvalue weighted by atomic mass is 16.5. The Morgan fingerprint density at radius 3 is 2.38 bits per heavy atom. The van der Waals surface area contributed by atoms with Crippen LogP contribution < -0.4 is 5.84 Å². The molecule has 1 atom stereocenters. The number of likely N-dealkylation sites (N-methyl/N-ethyl adjacent to an activating group) is 1. The summed E-state index contributed by atoms with van der Waals surface area (Å²) in [7, 11) is 3.49. The SMILES string of the molecule is COCC(C)N(C)N. The van der Waals surface area contributed by atoms with E-state index in [1.54, 1.807) is 12.1 Å². The van der Waals surface area contributed by atoms with E-state index in [1.807, 2.05) is 14.0 Å². The van der Waals surface area contributed by atoms with E-state index in [1.165, 1.54) is 0 Å². The third-order valence-corrected chi connectivity index (χ3v) is 1.10. The van der Waals surface area contributed by atoms with Gasteiger partial charge in [0.05, 0.1) is 6.61 Å². The molecule has 1 unspecified atom stereocenters. The quantitative estimate of drug-likeness (QED) is 0.413. The van der Waals surface area contributed by atoms with Crippen LogP contribution in [0.15, 0.2) is 0 Å². The smallest absolute Gasteiger partial charge is 0.0629 e. The van der Waals surface area contributed by atoms with Crippen molar-refractivity contribution in [3.8, 4) is 0 Å². The van der Waals surface area contributed by atoms with Crippen molar-refractivity contribution >= 4 is 0 Å². The molecule has 0 aromatic carbocycles. The molecule has 0 aliphatic heterocycles. The number of hydrogen-bond donors (Lipinski definition) is 1. The lowest BCUT2D eigenvalue weighted by molar-refractivity contribution is 0.116. The van der Waals surface area contributed by atoms with E-state index in [2.05, 4.69) is 0 Å². The summed E-state index contributed by atoms with van der Waals surface area (Å²) >= 11 is 0. The highest BCUT2D eigenvalue weighted by Gasteiger charge is 2.01. The van der Waals surface area contributed by atoms with Crippen LogP contribution in [0.4, 0.5) is 0 Å². The minimum absolute atomic E-state index is 0.306. The average Bonchev–Trinajstić information content (AvgIpc) is 1.67. The van der Waals surface area contributed by atoms with Gasteiger partial charge in [0, 0.05) is 20.2 Å². The van der Waals surface area contributed by atoms with E-state index in [9.17, 15) is 0 Å². The monoisotopic (exact) mass is 118 g/mol. The molecule has 0 bridgehead atoms. The summed E-state index contributed by atoms with van der Waals surface area (Å²) in [6, 6.07) is 0.306. The number of nitrogens with two attached hydrogens (primary N) is 1. The fraction of sp³-hybridized carbons (Fsp3) is 1.00. The van der Waals surface area contributed by atoms with E-state index >= 15 is 0 Å². The Hall–Kier alpha value is -0.120. The third-order valence-electron chi connectivity index (χ3n) is 1.10. The van der Waals surface area contributed by atoms with Gasteiger partial charge in [0.2, 0.25) is 0 Å². The first-order valence-corrected chi connectivity index (χ1v) is 2.65. The minimum Gasteiger partial charge on any atom is -0.383 e. The van der Waals surface area contributed by atoms with Crippen LogP contribution >= 0.6 is 0 Å². The van der Waals surface area contributed by atoms with Crippen LogP contribution in [0.25, 0.3) is 0 Å². The van der Waals surface area contributed by atoms with Gasteiger partial charge in [-0.15, -0.1) is 0 Å². The second-order valence-corrected chi connectivity index (χ2v) is 1.97. The number of nitrogens with zero attached hydrogens (tertiary/aromatic N) is 1. The molecule has 0 aromatic rings. The lowest BCUT2D eigenvalue weighted by Crippen LogP contribution is -2.38. The van der Waals surface area contributed by atoms with E-state index in [0.29, 0.717) is 12.6 Å². The molecule has 50 valence electrons. The van der Waals surface area contributed by atoms with Crippen LogP contribution in [0.3, 0.4) is 0 Å². The van der Waals surface area contributed by atoms with Gasteiger partial charge in [-0.05, 0) is 6.92 Å². The van der Waals surface area contributed by atoms with Gasteiger partial charge in [-0.1, -0.05) is 0 Å². The van der Waals surface area contributed by atoms with Gasteiger partial charge in [-0.2, -0.15) is 0 Å². The molecule has 0 aliphatic rings. The Kier molecular flexibility index (Phi) is 3.77. The second-order valence-electron chi connectivity index (χ2n) is 1.97. The van der Waals surface area contributed by atoms with Crippen molar-refractivity contribution in [2.24, 2.45) is 5.84 Å². The maximum Gasteiger partial charge on any atom is 0.0629 e. The van der Waals surface area contributed by atoms with E-state index in [4.69, 9.17) is 10.6 Å². The molecule has 3 nitrogen and oxygen atoms in total.